The minimum absolute atomic E-state index is 0.393. The molecule has 2 aromatic heterocycles. The van der Waals surface area contributed by atoms with E-state index in [0.29, 0.717) is 6.04 Å². The molecule has 1 fully saturated rings. The lowest BCUT2D eigenvalue weighted by Gasteiger charge is -2.39. The molecule has 0 aliphatic carbocycles. The summed E-state index contributed by atoms with van der Waals surface area (Å²) in [6, 6.07) is 12.9. The second-order valence-corrected chi connectivity index (χ2v) is 7.32. The summed E-state index contributed by atoms with van der Waals surface area (Å²) in [4.78, 5) is 20.4. The zero-order valence-electron chi connectivity index (χ0n) is 16.2. The normalized spacial score (nSPS) is 17.1. The van der Waals surface area contributed by atoms with E-state index in [1.165, 1.54) is 10.8 Å². The van der Waals surface area contributed by atoms with Crippen molar-refractivity contribution in [1.29, 1.82) is 0 Å². The zero-order valence-corrected chi connectivity index (χ0v) is 16.2. The van der Waals surface area contributed by atoms with Crippen molar-refractivity contribution in [2.75, 3.05) is 48.9 Å². The Morgan fingerprint density at radius 2 is 1.81 bits per heavy atom. The fourth-order valence-electron chi connectivity index (χ4n) is 3.76. The molecule has 140 valence electrons. The van der Waals surface area contributed by atoms with E-state index in [-0.39, 0.29) is 0 Å². The predicted molar refractivity (Wildman–Crippen MR) is 112 cm³/mol. The van der Waals surface area contributed by atoms with E-state index >= 15 is 0 Å². The monoisotopic (exact) mass is 362 g/mol. The van der Waals surface area contributed by atoms with Crippen molar-refractivity contribution in [3.05, 3.63) is 48.8 Å². The Morgan fingerprint density at radius 1 is 1.00 bits per heavy atom. The van der Waals surface area contributed by atoms with Crippen LogP contribution in [0.15, 0.2) is 48.8 Å². The maximum absolute atomic E-state index is 4.71. The van der Waals surface area contributed by atoms with E-state index in [2.05, 4.69) is 52.2 Å². The van der Waals surface area contributed by atoms with Crippen LogP contribution in [0.3, 0.4) is 0 Å². The van der Waals surface area contributed by atoms with Crippen LogP contribution in [0.25, 0.3) is 10.8 Å². The maximum atomic E-state index is 4.71. The number of aromatic nitrogens is 3. The van der Waals surface area contributed by atoms with Gasteiger partial charge < -0.3 is 14.7 Å². The molecular weight excluding hydrogens is 336 g/mol. The smallest absolute Gasteiger partial charge is 0.226 e. The summed E-state index contributed by atoms with van der Waals surface area (Å²) in [6.45, 7) is 1.98. The summed E-state index contributed by atoms with van der Waals surface area (Å²) in [7, 11) is 6.06. The number of fused-ring (bicyclic) bond motifs is 1. The van der Waals surface area contributed by atoms with E-state index in [1.807, 2.05) is 37.5 Å². The van der Waals surface area contributed by atoms with Gasteiger partial charge in [-0.05, 0) is 30.4 Å². The number of piperidine rings is 1. The standard InChI is InChI=1S/C21H26N6/c1-25(2)21-23-13-11-19(24-21)26(3)17-8-6-14-27(15-17)20-18-9-5-4-7-16(18)10-12-22-20/h4-5,7,9-13,17H,6,8,14-15H2,1-3H3. The van der Waals surface area contributed by atoms with Crippen molar-refractivity contribution in [1.82, 2.24) is 15.0 Å². The van der Waals surface area contributed by atoms with Crippen LogP contribution in [-0.2, 0) is 0 Å². The molecule has 0 saturated carbocycles. The summed E-state index contributed by atoms with van der Waals surface area (Å²) in [5.74, 6) is 2.79. The van der Waals surface area contributed by atoms with Gasteiger partial charge in [-0.3, -0.25) is 0 Å². The number of hydrogen-bond donors (Lipinski definition) is 0. The first-order valence-corrected chi connectivity index (χ1v) is 9.45. The number of hydrogen-bond acceptors (Lipinski definition) is 6. The molecule has 27 heavy (non-hydrogen) atoms. The van der Waals surface area contributed by atoms with Gasteiger partial charge in [0.05, 0.1) is 0 Å². The van der Waals surface area contributed by atoms with Crippen molar-refractivity contribution in [3.8, 4) is 0 Å². The molecule has 0 N–H and O–H groups in total. The summed E-state index contributed by atoms with van der Waals surface area (Å²) < 4.78 is 0. The van der Waals surface area contributed by atoms with Crippen molar-refractivity contribution >= 4 is 28.4 Å². The molecule has 1 aliphatic heterocycles. The first-order chi connectivity index (χ1) is 13.1. The SMILES string of the molecule is CN(C)c1nccc(N(C)C2CCCN(c3nccc4ccccc34)C2)n1. The highest BCUT2D eigenvalue weighted by molar-refractivity contribution is 5.92. The molecule has 1 aliphatic rings. The van der Waals surface area contributed by atoms with Gasteiger partial charge in [-0.15, -0.1) is 0 Å². The number of rotatable bonds is 4. The van der Waals surface area contributed by atoms with Gasteiger partial charge in [0.1, 0.15) is 11.6 Å². The van der Waals surface area contributed by atoms with Gasteiger partial charge in [0, 0.05) is 58.1 Å². The van der Waals surface area contributed by atoms with Gasteiger partial charge in [0.15, 0.2) is 0 Å². The van der Waals surface area contributed by atoms with Crippen LogP contribution in [0.5, 0.6) is 0 Å². The molecule has 6 nitrogen and oxygen atoms in total. The van der Waals surface area contributed by atoms with Gasteiger partial charge in [0.25, 0.3) is 0 Å². The largest absolute Gasteiger partial charge is 0.355 e. The topological polar surface area (TPSA) is 48.4 Å². The Bertz CT molecular complexity index is 920. The zero-order chi connectivity index (χ0) is 18.8. The molecule has 3 heterocycles. The first kappa shape index (κ1) is 17.5. The minimum atomic E-state index is 0.393. The van der Waals surface area contributed by atoms with Gasteiger partial charge in [-0.1, -0.05) is 24.3 Å². The van der Waals surface area contributed by atoms with Crippen LogP contribution in [0, 0.1) is 0 Å². The minimum Gasteiger partial charge on any atom is -0.355 e. The maximum Gasteiger partial charge on any atom is 0.226 e. The lowest BCUT2D eigenvalue weighted by Crippen LogP contribution is -2.47. The Balaban J connectivity index is 1.58. The van der Waals surface area contributed by atoms with E-state index in [9.17, 15) is 0 Å². The van der Waals surface area contributed by atoms with Crippen LogP contribution in [-0.4, -0.2) is 55.2 Å². The summed E-state index contributed by atoms with van der Waals surface area (Å²) in [5, 5.41) is 2.46. The highest BCUT2D eigenvalue weighted by atomic mass is 15.3. The third-order valence-electron chi connectivity index (χ3n) is 5.29. The second-order valence-electron chi connectivity index (χ2n) is 7.32. The van der Waals surface area contributed by atoms with E-state index < -0.39 is 0 Å². The molecule has 1 unspecified atom stereocenters. The van der Waals surface area contributed by atoms with Crippen molar-refractivity contribution in [2.45, 2.75) is 18.9 Å². The molecule has 3 aromatic rings. The molecule has 0 bridgehead atoms. The molecule has 1 atom stereocenters. The van der Waals surface area contributed by atoms with Crippen molar-refractivity contribution in [2.24, 2.45) is 0 Å². The Hall–Kier alpha value is -2.89. The second kappa shape index (κ2) is 7.39. The van der Waals surface area contributed by atoms with Gasteiger partial charge in [-0.25, -0.2) is 9.97 Å². The highest BCUT2D eigenvalue weighted by Gasteiger charge is 2.26. The average Bonchev–Trinajstić information content (AvgIpc) is 2.73. The molecule has 6 heteroatoms. The van der Waals surface area contributed by atoms with Crippen LogP contribution in [0.1, 0.15) is 12.8 Å². The van der Waals surface area contributed by atoms with Crippen LogP contribution < -0.4 is 14.7 Å². The quantitative estimate of drug-likeness (QED) is 0.710. The molecule has 0 radical (unpaired) electrons. The summed E-state index contributed by atoms with van der Waals surface area (Å²) in [6.07, 6.45) is 6.05. The molecule has 0 spiro atoms. The van der Waals surface area contributed by atoms with Crippen LogP contribution >= 0.6 is 0 Å². The number of benzene rings is 1. The third kappa shape index (κ3) is 3.52. The summed E-state index contributed by atoms with van der Waals surface area (Å²) >= 11 is 0. The summed E-state index contributed by atoms with van der Waals surface area (Å²) in [5.41, 5.74) is 0. The van der Waals surface area contributed by atoms with E-state index in [0.717, 1.165) is 43.5 Å². The highest BCUT2D eigenvalue weighted by Crippen LogP contribution is 2.28. The van der Waals surface area contributed by atoms with Crippen molar-refractivity contribution in [3.63, 3.8) is 0 Å². The molecule has 1 aromatic carbocycles. The Labute approximate surface area is 160 Å². The van der Waals surface area contributed by atoms with Crippen LogP contribution in [0.2, 0.25) is 0 Å². The number of likely N-dealkylation sites (N-methyl/N-ethyl adjacent to an activating group) is 1. The van der Waals surface area contributed by atoms with Gasteiger partial charge in [-0.2, -0.15) is 4.98 Å². The first-order valence-electron chi connectivity index (χ1n) is 9.45. The fraction of sp³-hybridized carbons (Fsp3) is 0.381. The molecular formula is C21H26N6. The van der Waals surface area contributed by atoms with E-state index in [1.54, 1.807) is 0 Å². The Kier molecular flexibility index (Phi) is 4.79. The molecule has 1 saturated heterocycles. The van der Waals surface area contributed by atoms with Crippen molar-refractivity contribution < 1.29 is 0 Å². The predicted octanol–water partition coefficient (Wildman–Crippen LogP) is 3.20. The third-order valence-corrected chi connectivity index (χ3v) is 5.29. The Morgan fingerprint density at radius 3 is 2.67 bits per heavy atom. The van der Waals surface area contributed by atoms with Gasteiger partial charge >= 0.3 is 0 Å². The number of nitrogens with zero attached hydrogens (tertiary/aromatic N) is 6. The average molecular weight is 362 g/mol. The fourth-order valence-corrected chi connectivity index (χ4v) is 3.76. The number of anilines is 3. The van der Waals surface area contributed by atoms with E-state index in [4.69, 9.17) is 9.97 Å². The van der Waals surface area contributed by atoms with Crippen LogP contribution in [0.4, 0.5) is 17.6 Å². The molecule has 0 amide bonds. The van der Waals surface area contributed by atoms with Gasteiger partial charge in [0.2, 0.25) is 5.95 Å². The lowest BCUT2D eigenvalue weighted by atomic mass is 10.0. The lowest BCUT2D eigenvalue weighted by molar-refractivity contribution is 0.484. The molecule has 4 rings (SSSR count). The number of pyridine rings is 1.